The van der Waals surface area contributed by atoms with E-state index in [9.17, 15) is 72.9 Å². The quantitative estimate of drug-likeness (QED) is 0.0437. The zero-order chi connectivity index (χ0) is 64.2. The molecule has 2 aromatic carbocycles. The molecule has 85 heavy (non-hydrogen) atoms. The molecule has 2 aromatic rings. The van der Waals surface area contributed by atoms with Gasteiger partial charge in [-0.05, 0) is 85.0 Å². The van der Waals surface area contributed by atoms with Gasteiger partial charge in [0.1, 0.15) is 54.1 Å². The van der Waals surface area contributed by atoms with Gasteiger partial charge in [0.25, 0.3) is 0 Å². The van der Waals surface area contributed by atoms with E-state index in [-0.39, 0.29) is 56.1 Å². The summed E-state index contributed by atoms with van der Waals surface area (Å²) in [6.07, 6.45) is -0.837. The lowest BCUT2D eigenvalue weighted by molar-refractivity contribution is -0.144. The molecule has 0 aliphatic carbocycles. The predicted molar refractivity (Wildman–Crippen MR) is 314 cm³/mol. The van der Waals surface area contributed by atoms with Gasteiger partial charge in [-0.1, -0.05) is 125 Å². The molecule has 0 radical (unpaired) electrons. The third-order valence-corrected chi connectivity index (χ3v) is 14.2. The van der Waals surface area contributed by atoms with Gasteiger partial charge in [-0.15, -0.1) is 0 Å². The lowest BCUT2D eigenvalue weighted by atomic mass is 9.95. The summed E-state index contributed by atoms with van der Waals surface area (Å²) in [5, 5.41) is 51.9. The molecule has 26 nitrogen and oxygen atoms in total. The largest absolute Gasteiger partial charge is 0.508 e. The minimum Gasteiger partial charge on any atom is -0.508 e. The van der Waals surface area contributed by atoms with Crippen LogP contribution in [0.5, 0.6) is 5.75 Å². The van der Waals surface area contributed by atoms with Crippen LogP contribution in [0.4, 0.5) is 0 Å². The van der Waals surface area contributed by atoms with E-state index in [4.69, 9.17) is 11.5 Å². The highest BCUT2D eigenvalue weighted by Gasteiger charge is 2.37. The van der Waals surface area contributed by atoms with E-state index < -0.39 is 163 Å². The van der Waals surface area contributed by atoms with E-state index in [2.05, 4.69) is 47.9 Å². The Bertz CT molecular complexity index is 2580. The molecule has 0 heterocycles. The molecule has 11 atom stereocenters. The first kappa shape index (κ1) is 72.9. The molecule has 0 aliphatic heterocycles. The fourth-order valence-electron chi connectivity index (χ4n) is 8.82. The summed E-state index contributed by atoms with van der Waals surface area (Å²) >= 11 is 0. The lowest BCUT2D eigenvalue weighted by Gasteiger charge is -2.30. The molecule has 16 N–H and O–H groups in total. The molecule has 2 rings (SSSR count). The average Bonchev–Trinajstić information content (AvgIpc) is 3.61. The van der Waals surface area contributed by atoms with Gasteiger partial charge in [0.2, 0.25) is 59.1 Å². The summed E-state index contributed by atoms with van der Waals surface area (Å²) in [5.41, 5.74) is 12.9. The van der Waals surface area contributed by atoms with Gasteiger partial charge < -0.3 is 74.6 Å². The first-order chi connectivity index (χ1) is 39.9. The predicted octanol–water partition coefficient (Wildman–Crippen LogP) is 0.555. The Balaban J connectivity index is 2.39. The number of phenolic OH excluding ortho intramolecular Hbond substituents is 1. The number of hydrogen-bond donors (Lipinski definition) is 14. The number of amides is 10. The number of carbonyl (C=O) groups excluding carboxylic acids is 10. The van der Waals surface area contributed by atoms with Crippen molar-refractivity contribution in [1.82, 2.24) is 47.9 Å². The van der Waals surface area contributed by atoms with Crippen LogP contribution >= 0.6 is 0 Å². The molecule has 0 aliphatic rings. The third kappa shape index (κ3) is 26.5. The molecule has 472 valence electrons. The van der Waals surface area contributed by atoms with Crippen molar-refractivity contribution in [2.75, 3.05) is 6.54 Å². The lowest BCUT2D eigenvalue weighted by Crippen LogP contribution is -2.61. The van der Waals surface area contributed by atoms with Crippen LogP contribution in [-0.4, -0.2) is 147 Å². The van der Waals surface area contributed by atoms with E-state index in [0.29, 0.717) is 24.0 Å². The topological polar surface area (TPSA) is 426 Å². The summed E-state index contributed by atoms with van der Waals surface area (Å²) in [7, 11) is 0. The van der Waals surface area contributed by atoms with Gasteiger partial charge in [-0.2, -0.15) is 0 Å². The van der Waals surface area contributed by atoms with E-state index in [1.54, 1.807) is 97.9 Å². The molecular formula is C59H91N11O15. The van der Waals surface area contributed by atoms with Crippen molar-refractivity contribution in [3.8, 4) is 5.75 Å². The first-order valence-electron chi connectivity index (χ1n) is 28.9. The Kier molecular flexibility index (Phi) is 31.3. The molecular weight excluding hydrogens is 1100 g/mol. The van der Waals surface area contributed by atoms with Crippen molar-refractivity contribution >= 4 is 71.0 Å². The van der Waals surface area contributed by atoms with E-state index in [1.165, 1.54) is 12.1 Å². The summed E-state index contributed by atoms with van der Waals surface area (Å²) in [4.78, 5) is 161. The van der Waals surface area contributed by atoms with Gasteiger partial charge in [-0.3, -0.25) is 52.7 Å². The Morgan fingerprint density at radius 1 is 0.471 bits per heavy atom. The van der Waals surface area contributed by atoms with Gasteiger partial charge >= 0.3 is 11.9 Å². The molecule has 0 saturated heterocycles. The van der Waals surface area contributed by atoms with E-state index >= 15 is 0 Å². The SMILES string of the molecule is CC[C@H](C)[C@H](NC(=O)CNC(=O)[C@H](Cc1ccccc1)NC(=O)[C@@H](NC(=O)[C@H](CC(C)C)NC(=O)[C@H](CCC(N)=O)NC(=O)[C@H](CC(C)C)NC(=O)[C@@H](N)Cc1ccc(O)cc1)[C@@H](C)CC)C(=O)N[C@@H](CCC(=O)O)C(=O)N[C@H](C(=O)O)C(C)C. The van der Waals surface area contributed by atoms with Crippen molar-refractivity contribution in [1.29, 1.82) is 0 Å². The zero-order valence-corrected chi connectivity index (χ0v) is 50.5. The molecule has 0 aromatic heterocycles. The number of rotatable bonds is 38. The van der Waals surface area contributed by atoms with Crippen LogP contribution < -0.4 is 59.3 Å². The van der Waals surface area contributed by atoms with Crippen molar-refractivity contribution < 1.29 is 72.9 Å². The first-order valence-corrected chi connectivity index (χ1v) is 28.9. The van der Waals surface area contributed by atoms with Crippen molar-refractivity contribution in [3.63, 3.8) is 0 Å². The number of aromatic hydroxyl groups is 1. The maximum Gasteiger partial charge on any atom is 0.326 e. The highest BCUT2D eigenvalue weighted by Crippen LogP contribution is 2.16. The number of phenols is 1. The van der Waals surface area contributed by atoms with Gasteiger partial charge in [0.05, 0.1) is 12.6 Å². The molecule has 0 bridgehead atoms. The Labute approximate surface area is 497 Å². The van der Waals surface area contributed by atoms with E-state index in [0.717, 1.165) is 0 Å². The zero-order valence-electron chi connectivity index (χ0n) is 50.5. The Hall–Kier alpha value is -8.16. The highest BCUT2D eigenvalue weighted by molar-refractivity contribution is 5.98. The van der Waals surface area contributed by atoms with Crippen molar-refractivity contribution in [2.45, 2.75) is 188 Å². The maximum atomic E-state index is 14.5. The number of nitrogens with one attached hydrogen (secondary N) is 9. The highest BCUT2D eigenvalue weighted by atomic mass is 16.4. The van der Waals surface area contributed by atoms with Crippen LogP contribution in [0.15, 0.2) is 54.6 Å². The number of carbonyl (C=O) groups is 12. The van der Waals surface area contributed by atoms with Gasteiger partial charge in [0, 0.05) is 19.3 Å². The summed E-state index contributed by atoms with van der Waals surface area (Å²) in [5.74, 6) is -13.0. The van der Waals surface area contributed by atoms with Crippen LogP contribution in [-0.2, 0) is 70.4 Å². The third-order valence-electron chi connectivity index (χ3n) is 14.2. The Morgan fingerprint density at radius 3 is 1.38 bits per heavy atom. The molecule has 0 saturated carbocycles. The fourth-order valence-corrected chi connectivity index (χ4v) is 8.82. The second-order valence-electron chi connectivity index (χ2n) is 22.8. The fraction of sp³-hybridized carbons (Fsp3) is 0.593. The number of carboxylic acid groups (broad SMARTS) is 2. The van der Waals surface area contributed by atoms with Crippen molar-refractivity contribution in [3.05, 3.63) is 65.7 Å². The maximum absolute atomic E-state index is 14.5. The van der Waals surface area contributed by atoms with Crippen molar-refractivity contribution in [2.24, 2.45) is 41.1 Å². The van der Waals surface area contributed by atoms with Crippen LogP contribution in [0.1, 0.15) is 132 Å². The molecule has 0 spiro atoms. The smallest absolute Gasteiger partial charge is 0.326 e. The molecule has 26 heteroatoms. The normalized spacial score (nSPS) is 15.1. The number of primary amides is 1. The Morgan fingerprint density at radius 2 is 0.894 bits per heavy atom. The number of nitrogens with two attached hydrogens (primary N) is 2. The number of carboxylic acids is 2. The van der Waals surface area contributed by atoms with Crippen LogP contribution in [0.25, 0.3) is 0 Å². The molecule has 0 unspecified atom stereocenters. The number of aliphatic carboxylic acids is 2. The minimum absolute atomic E-state index is 0.0248. The second-order valence-corrected chi connectivity index (χ2v) is 22.8. The molecule has 10 amide bonds. The van der Waals surface area contributed by atoms with Crippen LogP contribution in [0, 0.1) is 29.6 Å². The average molecular weight is 1190 g/mol. The van der Waals surface area contributed by atoms with E-state index in [1.807, 2.05) is 13.8 Å². The molecule has 0 fully saturated rings. The van der Waals surface area contributed by atoms with Crippen LogP contribution in [0.2, 0.25) is 0 Å². The standard InChI is InChI=1S/C59H91N11O15/c1-11-34(9)49(57(82)64-41(23-25-47(74)75)54(79)69-48(33(7)8)59(84)85)68-46(73)30-62-52(77)44(29-36-16-14-13-15-17-36)67-58(83)50(35(10)12-2)70-56(81)43(27-32(5)6)66-53(78)40(22-24-45(61)72)63-55(80)42(26-31(3)4)65-51(76)39(60)28-37-18-20-38(71)21-19-37/h13-21,31-35,39-44,48-50,71H,11-12,22-30,60H2,1-10H3,(H2,61,72)(H,62,77)(H,63,80)(H,64,82)(H,65,76)(H,66,78)(H,67,83)(H,68,73)(H,69,79)(H,70,81)(H,74,75)(H,84,85)/t34-,35-,39-,40-,41-,42-,43-,44-,48-,49-,50-/m0/s1. The van der Waals surface area contributed by atoms with Crippen LogP contribution in [0.3, 0.4) is 0 Å². The summed E-state index contributed by atoms with van der Waals surface area (Å²) in [6, 6.07) is 2.71. The van der Waals surface area contributed by atoms with Gasteiger partial charge in [0.15, 0.2) is 0 Å². The minimum atomic E-state index is -1.50. The van der Waals surface area contributed by atoms with Gasteiger partial charge in [-0.25, -0.2) is 4.79 Å². The number of hydrogen-bond acceptors (Lipinski definition) is 14. The number of benzene rings is 2. The summed E-state index contributed by atoms with van der Waals surface area (Å²) < 4.78 is 0. The monoisotopic (exact) mass is 1190 g/mol. The summed E-state index contributed by atoms with van der Waals surface area (Å²) in [6.45, 7) is 16.4. The second kappa shape index (κ2) is 36.5.